The number of carbonyl (C=O) groups excluding carboxylic acids is 1. The van der Waals surface area contributed by atoms with Crippen molar-refractivity contribution in [2.75, 3.05) is 25.5 Å². The largest absolute Gasteiger partial charge is 0.311 e. The van der Waals surface area contributed by atoms with E-state index >= 15 is 0 Å². The molecule has 7 heteroatoms. The third-order valence-electron chi connectivity index (χ3n) is 3.64. The molecule has 3 rings (SSSR count). The topological polar surface area (TPSA) is 57.3 Å². The van der Waals surface area contributed by atoms with Crippen LogP contribution in [0.1, 0.15) is 16.1 Å². The zero-order valence-corrected chi connectivity index (χ0v) is 14.7. The van der Waals surface area contributed by atoms with Crippen molar-refractivity contribution in [2.45, 2.75) is 19.5 Å². The second kappa shape index (κ2) is 8.40. The Balaban J connectivity index is 0.00000192. The molecule has 0 aliphatic carbocycles. The molecule has 5 nitrogen and oxygen atoms in total. The van der Waals surface area contributed by atoms with E-state index < -0.39 is 0 Å². The van der Waals surface area contributed by atoms with Gasteiger partial charge in [0.25, 0.3) is 0 Å². The first-order valence-electron chi connectivity index (χ1n) is 7.44. The number of likely N-dealkylation sites (N-methyl/N-ethyl adjacent to an activating group) is 1. The predicted molar refractivity (Wildman–Crippen MR) is 96.2 cm³/mol. The number of halogens is 1. The number of nitrogens with one attached hydrogen (secondary N) is 2. The van der Waals surface area contributed by atoms with Crippen LogP contribution in [0.15, 0.2) is 30.3 Å². The molecule has 0 saturated carbocycles. The molecule has 0 fully saturated rings. The lowest BCUT2D eigenvalue weighted by Crippen LogP contribution is -2.29. The molecule has 0 atom stereocenters. The first kappa shape index (κ1) is 17.9. The lowest BCUT2D eigenvalue weighted by molar-refractivity contribution is -0.115. The van der Waals surface area contributed by atoms with Crippen LogP contribution >= 0.6 is 23.7 Å². The van der Waals surface area contributed by atoms with Crippen LogP contribution in [0.2, 0.25) is 0 Å². The smallest absolute Gasteiger partial charge is 0.240 e. The fourth-order valence-electron chi connectivity index (χ4n) is 2.60. The van der Waals surface area contributed by atoms with Crippen molar-refractivity contribution in [1.29, 1.82) is 0 Å². The molecule has 1 aromatic heterocycles. The minimum atomic E-state index is -0.0465. The van der Waals surface area contributed by atoms with Gasteiger partial charge < -0.3 is 10.6 Å². The molecule has 2 aromatic rings. The van der Waals surface area contributed by atoms with E-state index in [-0.39, 0.29) is 18.3 Å². The van der Waals surface area contributed by atoms with Crippen LogP contribution in [0.25, 0.3) is 0 Å². The highest BCUT2D eigenvalue weighted by Crippen LogP contribution is 2.28. The van der Waals surface area contributed by atoms with Crippen LogP contribution in [-0.4, -0.2) is 35.9 Å². The third-order valence-corrected chi connectivity index (χ3v) is 4.64. The average molecular weight is 353 g/mol. The Hall–Kier alpha value is -1.47. The van der Waals surface area contributed by atoms with Gasteiger partial charge in [0.15, 0.2) is 5.13 Å². The summed E-state index contributed by atoms with van der Waals surface area (Å²) in [5.41, 5.74) is 2.46. The van der Waals surface area contributed by atoms with E-state index in [1.54, 1.807) is 18.4 Å². The third kappa shape index (κ3) is 4.75. The van der Waals surface area contributed by atoms with Crippen LogP contribution < -0.4 is 10.6 Å². The standard InChI is InChI=1S/C16H20N4OS.ClH/c1-17-9-15(21)19-16-18-13-7-8-20(11-14(13)22-16)10-12-5-3-2-4-6-12;/h2-6,17H,7-11H2,1H3,(H,18,19,21);1H. The number of rotatable bonds is 5. The van der Waals surface area contributed by atoms with Gasteiger partial charge in [0.05, 0.1) is 12.2 Å². The lowest BCUT2D eigenvalue weighted by Gasteiger charge is -2.25. The van der Waals surface area contributed by atoms with Crippen molar-refractivity contribution in [1.82, 2.24) is 15.2 Å². The highest BCUT2D eigenvalue weighted by atomic mass is 35.5. The summed E-state index contributed by atoms with van der Waals surface area (Å²) in [4.78, 5) is 19.9. The monoisotopic (exact) mass is 352 g/mol. The summed E-state index contributed by atoms with van der Waals surface area (Å²) < 4.78 is 0. The molecule has 1 amide bonds. The van der Waals surface area contributed by atoms with Crippen LogP contribution in [-0.2, 0) is 24.3 Å². The second-order valence-electron chi connectivity index (χ2n) is 5.41. The molecule has 0 bridgehead atoms. The fourth-order valence-corrected chi connectivity index (χ4v) is 3.67. The number of fused-ring (bicyclic) bond motifs is 1. The summed E-state index contributed by atoms with van der Waals surface area (Å²) in [6, 6.07) is 10.5. The zero-order valence-electron chi connectivity index (χ0n) is 13.0. The molecule has 1 aromatic carbocycles. The highest BCUT2D eigenvalue weighted by molar-refractivity contribution is 7.15. The summed E-state index contributed by atoms with van der Waals surface area (Å²) in [6.07, 6.45) is 0.945. The Morgan fingerprint density at radius 3 is 2.87 bits per heavy atom. The van der Waals surface area contributed by atoms with Crippen molar-refractivity contribution in [3.8, 4) is 0 Å². The van der Waals surface area contributed by atoms with Crippen LogP contribution in [0.5, 0.6) is 0 Å². The van der Waals surface area contributed by atoms with Gasteiger partial charge in [-0.1, -0.05) is 30.3 Å². The normalized spacial score (nSPS) is 14.0. The number of carbonyl (C=O) groups is 1. The fraction of sp³-hybridized carbons (Fsp3) is 0.375. The molecule has 0 spiro atoms. The summed E-state index contributed by atoms with van der Waals surface area (Å²) in [6.45, 7) is 3.18. The first-order chi connectivity index (χ1) is 10.7. The van der Waals surface area contributed by atoms with E-state index in [0.717, 1.165) is 31.7 Å². The maximum absolute atomic E-state index is 11.6. The number of benzene rings is 1. The van der Waals surface area contributed by atoms with E-state index in [1.807, 2.05) is 6.07 Å². The summed E-state index contributed by atoms with van der Waals surface area (Å²) in [7, 11) is 1.76. The number of hydrogen-bond donors (Lipinski definition) is 2. The molecule has 124 valence electrons. The number of nitrogens with zero attached hydrogens (tertiary/aromatic N) is 2. The second-order valence-corrected chi connectivity index (χ2v) is 6.50. The van der Waals surface area contributed by atoms with E-state index in [9.17, 15) is 4.79 Å². The molecule has 1 aliphatic rings. The Morgan fingerprint density at radius 1 is 1.35 bits per heavy atom. The average Bonchev–Trinajstić information content (AvgIpc) is 2.90. The highest BCUT2D eigenvalue weighted by Gasteiger charge is 2.21. The maximum atomic E-state index is 11.6. The SMILES string of the molecule is CNCC(=O)Nc1nc2c(s1)CN(Cc1ccccc1)CC2.Cl. The van der Waals surface area contributed by atoms with Crippen molar-refractivity contribution >= 4 is 34.8 Å². The molecular weight excluding hydrogens is 332 g/mol. The lowest BCUT2D eigenvalue weighted by atomic mass is 10.1. The van der Waals surface area contributed by atoms with Crippen LogP contribution in [0, 0.1) is 0 Å². The Morgan fingerprint density at radius 2 is 2.13 bits per heavy atom. The van der Waals surface area contributed by atoms with Gasteiger partial charge in [-0.3, -0.25) is 9.69 Å². The number of aromatic nitrogens is 1. The number of thiazole rings is 1. The van der Waals surface area contributed by atoms with Gasteiger partial charge in [-0.2, -0.15) is 0 Å². The van der Waals surface area contributed by atoms with Gasteiger partial charge in [0, 0.05) is 30.9 Å². The summed E-state index contributed by atoms with van der Waals surface area (Å²) in [5, 5.41) is 6.41. The number of anilines is 1. The molecule has 0 unspecified atom stereocenters. The van der Waals surface area contributed by atoms with Crippen molar-refractivity contribution < 1.29 is 4.79 Å². The first-order valence-corrected chi connectivity index (χ1v) is 8.25. The molecule has 2 heterocycles. The Bertz CT molecular complexity index is 647. The van der Waals surface area contributed by atoms with Gasteiger partial charge in [-0.15, -0.1) is 23.7 Å². The van der Waals surface area contributed by atoms with Crippen molar-refractivity contribution in [3.63, 3.8) is 0 Å². The van der Waals surface area contributed by atoms with E-state index in [0.29, 0.717) is 11.7 Å². The van der Waals surface area contributed by atoms with Gasteiger partial charge in [0.2, 0.25) is 5.91 Å². The Labute approximate surface area is 146 Å². The van der Waals surface area contributed by atoms with Gasteiger partial charge >= 0.3 is 0 Å². The molecule has 0 radical (unpaired) electrons. The molecule has 1 aliphatic heterocycles. The van der Waals surface area contributed by atoms with Crippen LogP contribution in [0.4, 0.5) is 5.13 Å². The van der Waals surface area contributed by atoms with Gasteiger partial charge in [-0.25, -0.2) is 4.98 Å². The van der Waals surface area contributed by atoms with Crippen molar-refractivity contribution in [2.24, 2.45) is 0 Å². The molecule has 2 N–H and O–H groups in total. The minimum absolute atomic E-state index is 0. The minimum Gasteiger partial charge on any atom is -0.311 e. The summed E-state index contributed by atoms with van der Waals surface area (Å²) >= 11 is 1.59. The van der Waals surface area contributed by atoms with Crippen molar-refractivity contribution in [3.05, 3.63) is 46.5 Å². The quantitative estimate of drug-likeness (QED) is 0.866. The van der Waals surface area contributed by atoms with Gasteiger partial charge in [-0.05, 0) is 12.6 Å². The molecule has 0 saturated heterocycles. The van der Waals surface area contributed by atoms with E-state index in [2.05, 4.69) is 44.8 Å². The summed E-state index contributed by atoms with van der Waals surface area (Å²) in [5.74, 6) is -0.0465. The van der Waals surface area contributed by atoms with E-state index in [4.69, 9.17) is 0 Å². The zero-order chi connectivity index (χ0) is 15.4. The Kier molecular flexibility index (Phi) is 6.53. The number of hydrogen-bond acceptors (Lipinski definition) is 5. The predicted octanol–water partition coefficient (Wildman–Crippen LogP) is 2.28. The van der Waals surface area contributed by atoms with E-state index in [1.165, 1.54) is 10.4 Å². The molecule has 23 heavy (non-hydrogen) atoms. The van der Waals surface area contributed by atoms with Gasteiger partial charge in [0.1, 0.15) is 0 Å². The maximum Gasteiger partial charge on any atom is 0.240 e. The van der Waals surface area contributed by atoms with Crippen LogP contribution in [0.3, 0.4) is 0 Å². The number of amides is 1. The molecular formula is C16H21ClN4OS.